The first-order valence-electron chi connectivity index (χ1n) is 4.73. The molecule has 2 heterocycles. The number of anilines is 2. The number of rotatable bonds is 2. The van der Waals surface area contributed by atoms with Crippen LogP contribution in [0.25, 0.3) is 0 Å². The summed E-state index contributed by atoms with van der Waals surface area (Å²) in [5.41, 5.74) is 5.46. The van der Waals surface area contributed by atoms with E-state index in [0.29, 0.717) is 6.61 Å². The highest BCUT2D eigenvalue weighted by molar-refractivity contribution is 9.10. The molecule has 1 aliphatic rings. The summed E-state index contributed by atoms with van der Waals surface area (Å²) < 4.78 is 6.16. The van der Waals surface area contributed by atoms with Crippen LogP contribution < -0.4 is 11.1 Å². The zero-order chi connectivity index (χ0) is 10.9. The van der Waals surface area contributed by atoms with Gasteiger partial charge in [-0.3, -0.25) is 0 Å². The fourth-order valence-corrected chi connectivity index (χ4v) is 1.81. The SMILES string of the molecule is CC1(Nc2nc(N)ncc2Br)CCOC1. The van der Waals surface area contributed by atoms with E-state index in [1.54, 1.807) is 6.20 Å². The van der Waals surface area contributed by atoms with Crippen molar-refractivity contribution in [2.24, 2.45) is 0 Å². The normalized spacial score (nSPS) is 25.5. The van der Waals surface area contributed by atoms with E-state index in [-0.39, 0.29) is 11.5 Å². The number of nitrogens with one attached hydrogen (secondary N) is 1. The molecule has 1 aromatic rings. The van der Waals surface area contributed by atoms with E-state index >= 15 is 0 Å². The minimum Gasteiger partial charge on any atom is -0.379 e. The molecule has 6 heteroatoms. The minimum absolute atomic E-state index is 0.0662. The van der Waals surface area contributed by atoms with Crippen molar-refractivity contribution in [3.63, 3.8) is 0 Å². The first-order valence-corrected chi connectivity index (χ1v) is 5.52. The van der Waals surface area contributed by atoms with Gasteiger partial charge in [-0.15, -0.1) is 0 Å². The largest absolute Gasteiger partial charge is 0.379 e. The van der Waals surface area contributed by atoms with Crippen LogP contribution in [0.4, 0.5) is 11.8 Å². The summed E-state index contributed by atoms with van der Waals surface area (Å²) in [6.07, 6.45) is 2.60. The molecule has 0 bridgehead atoms. The molecular weight excluding hydrogens is 260 g/mol. The lowest BCUT2D eigenvalue weighted by molar-refractivity contribution is 0.185. The van der Waals surface area contributed by atoms with Crippen molar-refractivity contribution in [3.8, 4) is 0 Å². The molecule has 1 aliphatic heterocycles. The first kappa shape index (κ1) is 10.6. The Bertz CT molecular complexity index is 365. The minimum atomic E-state index is -0.0662. The third-order valence-corrected chi connectivity index (χ3v) is 2.98. The Balaban J connectivity index is 2.19. The van der Waals surface area contributed by atoms with Gasteiger partial charge in [-0.05, 0) is 29.3 Å². The molecular formula is C9H13BrN4O. The van der Waals surface area contributed by atoms with Crippen molar-refractivity contribution in [2.45, 2.75) is 18.9 Å². The number of ether oxygens (including phenoxy) is 1. The summed E-state index contributed by atoms with van der Waals surface area (Å²) in [4.78, 5) is 8.02. The van der Waals surface area contributed by atoms with E-state index in [9.17, 15) is 0 Å². The topological polar surface area (TPSA) is 73.1 Å². The molecule has 15 heavy (non-hydrogen) atoms. The predicted octanol–water partition coefficient (Wildman–Crippen LogP) is 1.41. The van der Waals surface area contributed by atoms with Gasteiger partial charge in [-0.1, -0.05) is 0 Å². The predicted molar refractivity (Wildman–Crippen MR) is 61.6 cm³/mol. The van der Waals surface area contributed by atoms with Crippen LogP contribution in [0, 0.1) is 0 Å². The van der Waals surface area contributed by atoms with Crippen molar-refractivity contribution < 1.29 is 4.74 Å². The zero-order valence-corrected chi connectivity index (χ0v) is 10.0. The highest BCUT2D eigenvalue weighted by atomic mass is 79.9. The van der Waals surface area contributed by atoms with Gasteiger partial charge < -0.3 is 15.8 Å². The number of halogens is 1. The average molecular weight is 273 g/mol. The summed E-state index contributed by atoms with van der Waals surface area (Å²) >= 11 is 3.38. The van der Waals surface area contributed by atoms with Gasteiger partial charge in [0.1, 0.15) is 5.82 Å². The molecule has 3 N–H and O–H groups in total. The summed E-state index contributed by atoms with van der Waals surface area (Å²) in [5.74, 6) is 0.985. The Labute approximate surface area is 96.6 Å². The fourth-order valence-electron chi connectivity index (χ4n) is 1.52. The lowest BCUT2D eigenvalue weighted by Gasteiger charge is -2.24. The van der Waals surface area contributed by atoms with Crippen molar-refractivity contribution in [1.29, 1.82) is 0 Å². The molecule has 0 aliphatic carbocycles. The molecule has 0 saturated carbocycles. The van der Waals surface area contributed by atoms with Gasteiger partial charge in [0.15, 0.2) is 0 Å². The van der Waals surface area contributed by atoms with Gasteiger partial charge in [0.2, 0.25) is 5.95 Å². The average Bonchev–Trinajstić information content (AvgIpc) is 2.59. The molecule has 0 aromatic carbocycles. The molecule has 82 valence electrons. The third kappa shape index (κ3) is 2.38. The maximum absolute atomic E-state index is 5.53. The van der Waals surface area contributed by atoms with Crippen LogP contribution in [0.3, 0.4) is 0 Å². The summed E-state index contributed by atoms with van der Waals surface area (Å²) in [5, 5.41) is 3.32. The van der Waals surface area contributed by atoms with Gasteiger partial charge >= 0.3 is 0 Å². The monoisotopic (exact) mass is 272 g/mol. The Hall–Kier alpha value is -0.880. The van der Waals surface area contributed by atoms with Crippen LogP contribution in [-0.2, 0) is 4.74 Å². The van der Waals surface area contributed by atoms with Crippen LogP contribution in [-0.4, -0.2) is 28.7 Å². The second kappa shape index (κ2) is 3.94. The Morgan fingerprint density at radius 1 is 1.67 bits per heavy atom. The lowest BCUT2D eigenvalue weighted by atomic mass is 10.0. The van der Waals surface area contributed by atoms with Crippen LogP contribution in [0.5, 0.6) is 0 Å². The highest BCUT2D eigenvalue weighted by Crippen LogP contribution is 2.27. The van der Waals surface area contributed by atoms with Gasteiger partial charge in [-0.2, -0.15) is 4.98 Å². The van der Waals surface area contributed by atoms with Crippen molar-refractivity contribution in [1.82, 2.24) is 9.97 Å². The van der Waals surface area contributed by atoms with Gasteiger partial charge in [0, 0.05) is 12.8 Å². The van der Waals surface area contributed by atoms with Crippen LogP contribution >= 0.6 is 15.9 Å². The quantitative estimate of drug-likeness (QED) is 0.852. The molecule has 0 amide bonds. The summed E-state index contributed by atoms with van der Waals surface area (Å²) in [6.45, 7) is 3.57. The number of hydrogen-bond acceptors (Lipinski definition) is 5. The van der Waals surface area contributed by atoms with Gasteiger partial charge in [-0.25, -0.2) is 4.98 Å². The molecule has 0 radical (unpaired) electrons. The molecule has 0 spiro atoms. The Kier molecular flexibility index (Phi) is 2.79. The molecule has 1 atom stereocenters. The molecule has 1 saturated heterocycles. The molecule has 5 nitrogen and oxygen atoms in total. The molecule has 1 fully saturated rings. The van der Waals surface area contributed by atoms with E-state index in [4.69, 9.17) is 10.5 Å². The Morgan fingerprint density at radius 2 is 2.47 bits per heavy atom. The van der Waals surface area contributed by atoms with Crippen molar-refractivity contribution in [2.75, 3.05) is 24.3 Å². The number of aromatic nitrogens is 2. The van der Waals surface area contributed by atoms with Crippen LogP contribution in [0.15, 0.2) is 10.7 Å². The summed E-state index contributed by atoms with van der Waals surface area (Å²) in [6, 6.07) is 0. The second-order valence-electron chi connectivity index (χ2n) is 3.91. The standard InChI is InChI=1S/C9H13BrN4O/c1-9(2-3-15-5-9)14-7-6(10)4-12-8(11)13-7/h4H,2-3,5H2,1H3,(H3,11,12,13,14). The van der Waals surface area contributed by atoms with Crippen molar-refractivity contribution >= 4 is 27.7 Å². The van der Waals surface area contributed by atoms with E-state index in [1.807, 2.05) is 0 Å². The first-order chi connectivity index (χ1) is 7.09. The van der Waals surface area contributed by atoms with E-state index < -0.39 is 0 Å². The molecule has 1 unspecified atom stereocenters. The smallest absolute Gasteiger partial charge is 0.221 e. The Morgan fingerprint density at radius 3 is 3.13 bits per heavy atom. The maximum Gasteiger partial charge on any atom is 0.221 e. The second-order valence-corrected chi connectivity index (χ2v) is 4.77. The van der Waals surface area contributed by atoms with Gasteiger partial charge in [0.05, 0.1) is 16.6 Å². The third-order valence-electron chi connectivity index (χ3n) is 2.40. The summed E-state index contributed by atoms with van der Waals surface area (Å²) in [7, 11) is 0. The van der Waals surface area contributed by atoms with E-state index in [2.05, 4.69) is 38.1 Å². The zero-order valence-electron chi connectivity index (χ0n) is 8.46. The van der Waals surface area contributed by atoms with E-state index in [0.717, 1.165) is 23.3 Å². The highest BCUT2D eigenvalue weighted by Gasteiger charge is 2.30. The number of hydrogen-bond donors (Lipinski definition) is 2. The number of nitrogens with zero attached hydrogens (tertiary/aromatic N) is 2. The van der Waals surface area contributed by atoms with Crippen LogP contribution in [0.2, 0.25) is 0 Å². The molecule has 2 rings (SSSR count). The fraction of sp³-hybridized carbons (Fsp3) is 0.556. The maximum atomic E-state index is 5.53. The van der Waals surface area contributed by atoms with E-state index in [1.165, 1.54) is 0 Å². The number of nitrogens with two attached hydrogens (primary N) is 1. The van der Waals surface area contributed by atoms with Crippen LogP contribution in [0.1, 0.15) is 13.3 Å². The lowest BCUT2D eigenvalue weighted by Crippen LogP contribution is -2.35. The molecule has 1 aromatic heterocycles. The number of nitrogen functional groups attached to an aromatic ring is 1. The van der Waals surface area contributed by atoms with Crippen molar-refractivity contribution in [3.05, 3.63) is 10.7 Å². The van der Waals surface area contributed by atoms with Gasteiger partial charge in [0.25, 0.3) is 0 Å².